The number of nitrogens with one attached hydrogen (secondary N) is 4. The second-order valence-electron chi connectivity index (χ2n) is 22.5. The van der Waals surface area contributed by atoms with E-state index in [2.05, 4.69) is 76.2 Å². The van der Waals surface area contributed by atoms with Gasteiger partial charge >= 0.3 is 5.97 Å². The average molecular weight is 1360 g/mol. The van der Waals surface area contributed by atoms with E-state index in [1.807, 2.05) is 39.8 Å². The van der Waals surface area contributed by atoms with Crippen molar-refractivity contribution in [2.45, 2.75) is 180 Å². The van der Waals surface area contributed by atoms with E-state index < -0.39 is 47.7 Å². The summed E-state index contributed by atoms with van der Waals surface area (Å²) in [6, 6.07) is 9.57. The minimum Gasteiger partial charge on any atom is -0.477 e. The normalized spacial score (nSPS) is 19.4. The number of H-pyrrole nitrogens is 1. The molecule has 0 saturated heterocycles. The number of nitrogens with two attached hydrogens (primary N) is 2. The van der Waals surface area contributed by atoms with Gasteiger partial charge in [0, 0.05) is 131 Å². The van der Waals surface area contributed by atoms with E-state index in [4.69, 9.17) is 46.3 Å². The number of amides is 1. The number of aromatic nitrogens is 14. The number of halogens is 11. The van der Waals surface area contributed by atoms with Crippen molar-refractivity contribution in [1.29, 1.82) is 0 Å². The van der Waals surface area contributed by atoms with Crippen LogP contribution < -0.4 is 27.4 Å². The summed E-state index contributed by atoms with van der Waals surface area (Å²) in [5.74, 6) is -11.8. The van der Waals surface area contributed by atoms with Crippen molar-refractivity contribution in [1.82, 2.24) is 69.6 Å². The Morgan fingerprint density at radius 3 is 1.22 bits per heavy atom. The molecule has 4 atom stereocenters. The van der Waals surface area contributed by atoms with Gasteiger partial charge in [-0.1, -0.05) is 11.6 Å². The quantitative estimate of drug-likeness (QED) is 0.0259. The lowest BCUT2D eigenvalue weighted by Crippen LogP contribution is -2.22. The van der Waals surface area contributed by atoms with Crippen LogP contribution in [0.15, 0.2) is 42.5 Å². The van der Waals surface area contributed by atoms with Crippen LogP contribution in [0.4, 0.5) is 52.6 Å². The Kier molecular flexibility index (Phi) is 24.6. The number of nitrogens with zero attached hydrogens (tertiary/aromatic N) is 13. The largest absolute Gasteiger partial charge is 0.477 e. The molecule has 4 unspecified atom stereocenters. The first-order valence-corrected chi connectivity index (χ1v) is 29.6. The maximum atomic E-state index is 13.3. The predicted molar refractivity (Wildman–Crippen MR) is 325 cm³/mol. The summed E-state index contributed by atoms with van der Waals surface area (Å²) < 4.78 is 107. The van der Waals surface area contributed by atoms with E-state index in [1.54, 1.807) is 19.9 Å². The predicted octanol–water partition coefficient (Wildman–Crippen LogP) is 11.6. The topological polar surface area (TPSA) is 344 Å². The molecule has 498 valence electrons. The fourth-order valence-electron chi connectivity index (χ4n) is 9.73. The number of Topliss-reactive ketones (excluding diaryl/α,β-unsaturated/α-hetero) is 2. The first kappa shape index (κ1) is 73.0. The minimum absolute atomic E-state index is 0.000176. The van der Waals surface area contributed by atoms with Crippen LogP contribution in [0.5, 0.6) is 0 Å². The van der Waals surface area contributed by atoms with Crippen LogP contribution in [0, 0.1) is 41.5 Å². The molecule has 7 heterocycles. The van der Waals surface area contributed by atoms with Crippen molar-refractivity contribution in [3.8, 4) is 11.9 Å². The van der Waals surface area contributed by atoms with E-state index in [0.29, 0.717) is 31.5 Å². The number of aromatic amines is 1. The number of carbonyl (C=O) groups is 4. The van der Waals surface area contributed by atoms with E-state index in [-0.39, 0.29) is 137 Å². The van der Waals surface area contributed by atoms with Crippen LogP contribution in [-0.4, -0.2) is 146 Å². The Balaban J connectivity index is 0.000000185. The van der Waals surface area contributed by atoms with Crippen molar-refractivity contribution < 1.29 is 59.4 Å². The third kappa shape index (κ3) is 22.9. The highest BCUT2D eigenvalue weighted by molar-refractivity contribution is 6.32. The summed E-state index contributed by atoms with van der Waals surface area (Å²) in [5, 5.41) is 33.2. The zero-order chi connectivity index (χ0) is 68.2. The van der Waals surface area contributed by atoms with Crippen LogP contribution in [0.3, 0.4) is 0 Å². The molecular weight excluding hydrogens is 1290 g/mol. The first-order valence-electron chi connectivity index (χ1n) is 28.5. The van der Waals surface area contributed by atoms with Gasteiger partial charge in [0.05, 0.1) is 17.1 Å². The number of anilines is 3. The van der Waals surface area contributed by atoms with E-state index in [1.165, 1.54) is 47.5 Å². The van der Waals surface area contributed by atoms with Crippen LogP contribution in [-0.2, 0) is 0 Å². The summed E-state index contributed by atoms with van der Waals surface area (Å²) in [4.78, 5) is 76.2. The number of ketones is 2. The Morgan fingerprint density at radius 1 is 0.522 bits per heavy atom. The number of carbonyl (C=O) groups excluding carboxylic acids is 3. The molecule has 9 N–H and O–H groups in total. The Morgan fingerprint density at radius 2 is 0.913 bits per heavy atom. The zero-order valence-electron chi connectivity index (χ0n) is 51.0. The van der Waals surface area contributed by atoms with Crippen molar-refractivity contribution >= 4 is 75.7 Å². The molecule has 4 aliphatic rings. The molecule has 24 nitrogen and oxygen atoms in total. The molecule has 4 aliphatic carbocycles. The number of hydrogen-bond acceptors (Lipinski definition) is 19. The van der Waals surface area contributed by atoms with Crippen LogP contribution in [0.25, 0.3) is 11.9 Å². The van der Waals surface area contributed by atoms with E-state index in [0.717, 1.165) is 34.2 Å². The number of primary amides is 1. The molecule has 7 aromatic rings. The van der Waals surface area contributed by atoms with Gasteiger partial charge in [0.1, 0.15) is 39.7 Å². The van der Waals surface area contributed by atoms with E-state index in [9.17, 15) is 59.4 Å². The summed E-state index contributed by atoms with van der Waals surface area (Å²) in [7, 11) is 0. The molecule has 92 heavy (non-hydrogen) atoms. The summed E-state index contributed by atoms with van der Waals surface area (Å²) >= 11 is 16.6. The van der Waals surface area contributed by atoms with Crippen molar-refractivity contribution in [2.75, 3.05) is 16.0 Å². The second-order valence-corrected chi connectivity index (χ2v) is 23.5. The smallest absolute Gasteiger partial charge is 0.354 e. The molecule has 1 amide bonds. The maximum Gasteiger partial charge on any atom is 0.354 e. The third-order valence-corrected chi connectivity index (χ3v) is 14.5. The van der Waals surface area contributed by atoms with Gasteiger partial charge in [0.15, 0.2) is 17.3 Å². The van der Waals surface area contributed by atoms with Gasteiger partial charge < -0.3 is 32.5 Å². The number of rotatable bonds is 12. The number of aromatic carboxylic acids is 1. The molecule has 35 heteroatoms. The van der Waals surface area contributed by atoms with E-state index >= 15 is 0 Å². The van der Waals surface area contributed by atoms with Crippen molar-refractivity contribution in [3.05, 3.63) is 115 Å². The van der Waals surface area contributed by atoms with Gasteiger partial charge in [-0.15, -0.1) is 0 Å². The Hall–Kier alpha value is -8.10. The summed E-state index contributed by atoms with van der Waals surface area (Å²) in [6.45, 7) is 13.9. The summed E-state index contributed by atoms with van der Waals surface area (Å²) in [5.41, 5.74) is 15.9. The molecule has 4 saturated carbocycles. The molecule has 4 fully saturated rings. The monoisotopic (exact) mass is 1360 g/mol. The maximum absolute atomic E-state index is 13.3. The second kappa shape index (κ2) is 31.0. The number of carboxylic acid groups (broad SMARTS) is 1. The molecule has 7 aromatic heterocycles. The Bertz CT molecular complexity index is 3580. The average Bonchev–Trinajstić information content (AvgIpc) is 1.94. The fourth-order valence-corrected chi connectivity index (χ4v) is 10.3. The highest BCUT2D eigenvalue weighted by atomic mass is 35.5. The van der Waals surface area contributed by atoms with Crippen LogP contribution in [0.1, 0.15) is 167 Å². The molecule has 0 spiro atoms. The standard InChI is InChI=1S/C15H18F2N6O.C15H17F2N5O2.C11H12ClF2N3O.C6H4Cl2N2O.C5H9F2N.C5H8N2/c1-8-5-9(2)23(22-8)14-20-11(13(18)24)6-12(21-14)19-10-3-4-15(16,17)7-10;1-8-5-9(2)22(21-8)14-19-11(13(23)24)6-12(20-14)18-10-3-4-15(16,17)7-10;1-6(18)8-4-9(17-10(12)16-8)15-7-2-3-11(13,14)5-7;1-3(11)4-2-5(7)10-6(8)9-4;6-5(7)2-1-4(8)3-5;1-4-3-5(2)7-6-4/h5-6,10H,3-4,7H2,1-2H3,(H2,18,24)(H,19,20,21);5-6,10H,3-4,7H2,1-2H3,(H,23,24)(H,18,19,20);4,7H,2-3,5H2,1H3,(H,15,16,17);2H,1H3;4H,1-3,8H2;3H,1-2H3,(H,6,7). The molecular formula is C57H68Cl3F8N19O5. The molecule has 0 aliphatic heterocycles. The number of carboxylic acids is 1. The number of alkyl halides is 8. The molecule has 0 radical (unpaired) electrons. The number of aryl methyl sites for hydroxylation is 6. The molecule has 0 aromatic carbocycles. The van der Waals surface area contributed by atoms with Gasteiger partial charge in [0.2, 0.25) is 34.3 Å². The van der Waals surface area contributed by atoms with Crippen LogP contribution >= 0.6 is 34.8 Å². The fraction of sp³-hybridized carbons (Fsp3) is 0.491. The number of hydrogen-bond donors (Lipinski definition) is 7. The first-order chi connectivity index (χ1) is 42.8. The van der Waals surface area contributed by atoms with Gasteiger partial charge in [-0.3, -0.25) is 19.5 Å². The van der Waals surface area contributed by atoms with Crippen molar-refractivity contribution in [2.24, 2.45) is 11.5 Å². The highest BCUT2D eigenvalue weighted by Crippen LogP contribution is 2.39. The van der Waals surface area contributed by atoms with Gasteiger partial charge in [0.25, 0.3) is 17.8 Å². The lowest BCUT2D eigenvalue weighted by Gasteiger charge is -2.15. The highest BCUT2D eigenvalue weighted by Gasteiger charge is 2.42. The lowest BCUT2D eigenvalue weighted by molar-refractivity contribution is 0.00740. The third-order valence-electron chi connectivity index (χ3n) is 13.9. The minimum atomic E-state index is -2.70. The van der Waals surface area contributed by atoms with Gasteiger partial charge in [-0.05, 0) is 109 Å². The van der Waals surface area contributed by atoms with Crippen LogP contribution in [0.2, 0.25) is 15.7 Å². The SMILES string of the molecule is CC(=O)c1cc(Cl)nc(Cl)n1.CC(=O)c1cc(NC2CCC(F)(F)C2)nc(Cl)n1.Cc1cc(C)[nH]n1.Cc1cc(C)n(-c2nc(NC3CCC(F)(F)C3)cc(C(=O)O)n2)n1.Cc1cc(C)n(-c2nc(NC3CCC(F)(F)C3)cc(C(N)=O)n2)n1.NC1CCC(F)(F)C1. The lowest BCUT2D eigenvalue weighted by atomic mass is 10.2. The molecule has 11 rings (SSSR count). The van der Waals surface area contributed by atoms with Gasteiger partial charge in [-0.2, -0.15) is 25.3 Å². The Labute approximate surface area is 537 Å². The van der Waals surface area contributed by atoms with Crippen molar-refractivity contribution in [3.63, 3.8) is 0 Å². The zero-order valence-corrected chi connectivity index (χ0v) is 53.3. The van der Waals surface area contributed by atoms with Gasteiger partial charge in [-0.25, -0.2) is 79.2 Å². The summed E-state index contributed by atoms with van der Waals surface area (Å²) in [6.07, 6.45) is 0.0550. The molecule has 0 bridgehead atoms.